The van der Waals surface area contributed by atoms with E-state index in [2.05, 4.69) is 10.9 Å². The van der Waals surface area contributed by atoms with E-state index in [1.54, 1.807) is 6.07 Å². The molecule has 3 aromatic carbocycles. The standard InChI is InChI=1S/C26H20N2O5/c29-25(23-15-14-18(32-23)16-31-17-8-2-1-3-9-17)27-28-26(30)24-19-10-4-6-12-21(19)33-22-13-7-5-11-20(22)24/h1-15,24H,16H2,(H,27,29)(H,28,30). The van der Waals surface area contributed by atoms with E-state index in [1.165, 1.54) is 6.07 Å². The van der Waals surface area contributed by atoms with Crippen LogP contribution in [-0.2, 0) is 11.4 Å². The zero-order valence-corrected chi connectivity index (χ0v) is 17.5. The molecule has 0 radical (unpaired) electrons. The summed E-state index contributed by atoms with van der Waals surface area (Å²) in [4.78, 5) is 25.6. The minimum Gasteiger partial charge on any atom is -0.486 e. The molecule has 0 unspecified atom stereocenters. The number of fused-ring (bicyclic) bond motifs is 2. The number of hydrazine groups is 1. The van der Waals surface area contributed by atoms with Crippen molar-refractivity contribution >= 4 is 11.8 Å². The lowest BCUT2D eigenvalue weighted by molar-refractivity contribution is -0.122. The number of para-hydroxylation sites is 3. The van der Waals surface area contributed by atoms with Gasteiger partial charge in [0.1, 0.15) is 29.6 Å². The summed E-state index contributed by atoms with van der Waals surface area (Å²) in [5.74, 6) is 0.890. The van der Waals surface area contributed by atoms with Gasteiger partial charge in [0.25, 0.3) is 5.91 Å². The second-order valence-corrected chi connectivity index (χ2v) is 7.42. The third kappa shape index (κ3) is 4.29. The lowest BCUT2D eigenvalue weighted by atomic mass is 9.87. The monoisotopic (exact) mass is 440 g/mol. The minimum absolute atomic E-state index is 0.0646. The highest BCUT2D eigenvalue weighted by Crippen LogP contribution is 2.43. The molecule has 164 valence electrons. The van der Waals surface area contributed by atoms with E-state index in [-0.39, 0.29) is 18.3 Å². The highest BCUT2D eigenvalue weighted by molar-refractivity contribution is 5.95. The molecule has 5 rings (SSSR count). The Morgan fingerprint density at radius 2 is 1.39 bits per heavy atom. The number of ether oxygens (including phenoxy) is 2. The van der Waals surface area contributed by atoms with E-state index in [0.29, 0.717) is 23.0 Å². The van der Waals surface area contributed by atoms with Gasteiger partial charge in [-0.3, -0.25) is 20.4 Å². The molecule has 0 saturated carbocycles. The fourth-order valence-corrected chi connectivity index (χ4v) is 3.69. The predicted molar refractivity (Wildman–Crippen MR) is 120 cm³/mol. The van der Waals surface area contributed by atoms with Crippen LogP contribution >= 0.6 is 0 Å². The molecule has 0 fully saturated rings. The normalized spacial score (nSPS) is 12.1. The molecule has 33 heavy (non-hydrogen) atoms. The molecular weight excluding hydrogens is 420 g/mol. The average Bonchev–Trinajstić information content (AvgIpc) is 3.34. The van der Waals surface area contributed by atoms with Crippen molar-refractivity contribution in [3.8, 4) is 17.2 Å². The topological polar surface area (TPSA) is 89.8 Å². The van der Waals surface area contributed by atoms with Crippen LogP contribution < -0.4 is 20.3 Å². The van der Waals surface area contributed by atoms with Crippen LogP contribution in [0.5, 0.6) is 17.2 Å². The fourth-order valence-electron chi connectivity index (χ4n) is 3.69. The van der Waals surface area contributed by atoms with E-state index < -0.39 is 11.8 Å². The molecule has 0 bridgehead atoms. The van der Waals surface area contributed by atoms with Crippen molar-refractivity contribution in [2.24, 2.45) is 0 Å². The average molecular weight is 440 g/mol. The highest BCUT2D eigenvalue weighted by atomic mass is 16.5. The fraction of sp³-hybridized carbons (Fsp3) is 0.0769. The number of carbonyl (C=O) groups is 2. The summed E-state index contributed by atoms with van der Waals surface area (Å²) in [5, 5.41) is 0. The molecule has 1 aromatic heterocycles. The van der Waals surface area contributed by atoms with Crippen molar-refractivity contribution in [2.75, 3.05) is 0 Å². The van der Waals surface area contributed by atoms with E-state index >= 15 is 0 Å². The number of rotatable bonds is 5. The van der Waals surface area contributed by atoms with Gasteiger partial charge in [-0.15, -0.1) is 0 Å². The Morgan fingerprint density at radius 3 is 2.09 bits per heavy atom. The first-order valence-electron chi connectivity index (χ1n) is 10.4. The summed E-state index contributed by atoms with van der Waals surface area (Å²) < 4.78 is 17.1. The first-order valence-corrected chi connectivity index (χ1v) is 10.4. The van der Waals surface area contributed by atoms with Crippen molar-refractivity contribution in [1.82, 2.24) is 10.9 Å². The van der Waals surface area contributed by atoms with Crippen LogP contribution in [0.25, 0.3) is 0 Å². The number of carbonyl (C=O) groups excluding carboxylic acids is 2. The van der Waals surface area contributed by atoms with Gasteiger partial charge in [-0.25, -0.2) is 0 Å². The van der Waals surface area contributed by atoms with Crippen LogP contribution in [0.2, 0.25) is 0 Å². The minimum atomic E-state index is -0.627. The number of amides is 2. The third-order valence-corrected chi connectivity index (χ3v) is 5.25. The maximum atomic E-state index is 13.1. The zero-order valence-electron chi connectivity index (χ0n) is 17.5. The second kappa shape index (κ2) is 8.92. The van der Waals surface area contributed by atoms with Crippen LogP contribution in [0.4, 0.5) is 0 Å². The van der Waals surface area contributed by atoms with Gasteiger partial charge in [-0.05, 0) is 36.4 Å². The van der Waals surface area contributed by atoms with E-state index in [1.807, 2.05) is 78.9 Å². The summed E-state index contributed by atoms with van der Waals surface area (Å²) >= 11 is 0. The summed E-state index contributed by atoms with van der Waals surface area (Å²) in [5.41, 5.74) is 6.39. The van der Waals surface area contributed by atoms with Gasteiger partial charge in [0.05, 0.1) is 5.92 Å². The molecule has 0 spiro atoms. The molecule has 7 nitrogen and oxygen atoms in total. The number of nitrogens with one attached hydrogen (secondary N) is 2. The van der Waals surface area contributed by atoms with Crippen molar-refractivity contribution in [3.05, 3.63) is 114 Å². The first kappa shape index (κ1) is 20.4. The summed E-state index contributed by atoms with van der Waals surface area (Å²) in [6.45, 7) is 0.180. The highest BCUT2D eigenvalue weighted by Gasteiger charge is 2.32. The van der Waals surface area contributed by atoms with Gasteiger partial charge in [0.15, 0.2) is 5.76 Å². The van der Waals surface area contributed by atoms with Crippen LogP contribution in [0.3, 0.4) is 0 Å². The molecule has 2 N–H and O–H groups in total. The maximum Gasteiger partial charge on any atom is 0.305 e. The largest absolute Gasteiger partial charge is 0.486 e. The molecule has 2 amide bonds. The van der Waals surface area contributed by atoms with Gasteiger partial charge >= 0.3 is 5.91 Å². The van der Waals surface area contributed by atoms with Crippen LogP contribution in [0, 0.1) is 0 Å². The Morgan fingerprint density at radius 1 is 0.758 bits per heavy atom. The van der Waals surface area contributed by atoms with E-state index in [4.69, 9.17) is 13.9 Å². The van der Waals surface area contributed by atoms with Crippen LogP contribution in [0.15, 0.2) is 95.4 Å². The smallest absolute Gasteiger partial charge is 0.305 e. The Balaban J connectivity index is 1.25. The summed E-state index contributed by atoms with van der Waals surface area (Å²) in [6, 6.07) is 27.2. The van der Waals surface area contributed by atoms with Crippen LogP contribution in [-0.4, -0.2) is 11.8 Å². The number of benzene rings is 3. The third-order valence-electron chi connectivity index (χ3n) is 5.25. The molecule has 0 aliphatic carbocycles. The molecule has 1 aliphatic rings. The number of furan rings is 1. The van der Waals surface area contributed by atoms with E-state index in [9.17, 15) is 9.59 Å². The molecule has 1 aliphatic heterocycles. The molecular formula is C26H20N2O5. The van der Waals surface area contributed by atoms with Crippen molar-refractivity contribution < 1.29 is 23.5 Å². The van der Waals surface area contributed by atoms with Gasteiger partial charge in [0.2, 0.25) is 0 Å². The molecule has 0 atom stereocenters. The van der Waals surface area contributed by atoms with Crippen molar-refractivity contribution in [1.29, 1.82) is 0 Å². The van der Waals surface area contributed by atoms with Gasteiger partial charge < -0.3 is 13.9 Å². The summed E-state index contributed by atoms with van der Waals surface area (Å²) in [6.07, 6.45) is 0. The molecule has 0 saturated heterocycles. The van der Waals surface area contributed by atoms with E-state index in [0.717, 1.165) is 11.1 Å². The Kier molecular flexibility index (Phi) is 5.51. The maximum absolute atomic E-state index is 13.1. The molecule has 4 aromatic rings. The Hall–Kier alpha value is -4.52. The zero-order chi connectivity index (χ0) is 22.6. The van der Waals surface area contributed by atoms with Crippen molar-refractivity contribution in [3.63, 3.8) is 0 Å². The number of hydrogen-bond donors (Lipinski definition) is 2. The Labute approximate surface area is 189 Å². The molecule has 7 heteroatoms. The Bertz CT molecular complexity index is 1250. The van der Waals surface area contributed by atoms with Gasteiger partial charge in [-0.1, -0.05) is 54.6 Å². The lowest BCUT2D eigenvalue weighted by Gasteiger charge is -2.27. The second-order valence-electron chi connectivity index (χ2n) is 7.42. The van der Waals surface area contributed by atoms with Crippen LogP contribution in [0.1, 0.15) is 33.4 Å². The lowest BCUT2D eigenvalue weighted by Crippen LogP contribution is -2.44. The summed E-state index contributed by atoms with van der Waals surface area (Å²) in [7, 11) is 0. The molecule has 2 heterocycles. The predicted octanol–water partition coefficient (Wildman–Crippen LogP) is 4.56. The SMILES string of the molecule is O=C(NNC(=O)C1c2ccccc2Oc2ccccc21)c1ccc(COc2ccccc2)o1. The number of hydrogen-bond acceptors (Lipinski definition) is 5. The van der Waals surface area contributed by atoms with Gasteiger partial charge in [0, 0.05) is 11.1 Å². The van der Waals surface area contributed by atoms with Gasteiger partial charge in [-0.2, -0.15) is 0 Å². The van der Waals surface area contributed by atoms with Crippen molar-refractivity contribution in [2.45, 2.75) is 12.5 Å². The quantitative estimate of drug-likeness (QED) is 0.444. The first-order chi connectivity index (χ1) is 16.2.